The summed E-state index contributed by atoms with van der Waals surface area (Å²) in [6.07, 6.45) is 0.885. The lowest BCUT2D eigenvalue weighted by Crippen LogP contribution is -2.43. The number of piperidine rings is 1. The van der Waals surface area contributed by atoms with Crippen molar-refractivity contribution in [2.75, 3.05) is 13.1 Å². The third-order valence-corrected chi connectivity index (χ3v) is 3.01. The van der Waals surface area contributed by atoms with E-state index in [0.717, 1.165) is 5.56 Å². The summed E-state index contributed by atoms with van der Waals surface area (Å²) in [6.45, 7) is 1.72. The van der Waals surface area contributed by atoms with Crippen LogP contribution in [0.2, 0.25) is 0 Å². The van der Waals surface area contributed by atoms with Crippen LogP contribution < -0.4 is 0 Å². The molecule has 4 nitrogen and oxygen atoms in total. The van der Waals surface area contributed by atoms with Gasteiger partial charge >= 0.3 is 0 Å². The summed E-state index contributed by atoms with van der Waals surface area (Å²) in [5.74, 6) is 0. The van der Waals surface area contributed by atoms with E-state index < -0.39 is 5.60 Å². The molecule has 1 saturated heterocycles. The van der Waals surface area contributed by atoms with Gasteiger partial charge in [-0.3, -0.25) is 4.84 Å². The van der Waals surface area contributed by atoms with Gasteiger partial charge in [0.15, 0.2) is 5.60 Å². The summed E-state index contributed by atoms with van der Waals surface area (Å²) < 4.78 is 0. The minimum atomic E-state index is -1.16. The average Bonchev–Trinajstić information content (AvgIpc) is 2.39. The number of nitriles is 1. The first kappa shape index (κ1) is 12.1. The van der Waals surface area contributed by atoms with E-state index in [0.29, 0.717) is 32.5 Å². The van der Waals surface area contributed by atoms with Crippen molar-refractivity contribution in [1.82, 2.24) is 5.06 Å². The van der Waals surface area contributed by atoms with Crippen molar-refractivity contribution >= 4 is 0 Å². The molecule has 1 fully saturated rings. The smallest absolute Gasteiger partial charge is 0.153 e. The highest BCUT2D eigenvalue weighted by Gasteiger charge is 2.32. The summed E-state index contributed by atoms with van der Waals surface area (Å²) in [6, 6.07) is 11.9. The lowest BCUT2D eigenvalue weighted by atomic mass is 9.94. The van der Waals surface area contributed by atoms with Gasteiger partial charge in [0.05, 0.1) is 12.7 Å². The maximum absolute atomic E-state index is 9.74. The molecule has 0 saturated carbocycles. The zero-order chi connectivity index (χ0) is 12.1. The topological polar surface area (TPSA) is 56.5 Å². The molecule has 1 N–H and O–H groups in total. The number of hydrogen-bond donors (Lipinski definition) is 1. The molecule has 0 spiro atoms. The van der Waals surface area contributed by atoms with Gasteiger partial charge in [-0.1, -0.05) is 30.3 Å². The number of benzene rings is 1. The van der Waals surface area contributed by atoms with Crippen LogP contribution in [0.25, 0.3) is 0 Å². The SMILES string of the molecule is N#CC1(O)CCN(OCc2ccccc2)CC1. The van der Waals surface area contributed by atoms with Gasteiger partial charge in [-0.25, -0.2) is 0 Å². The van der Waals surface area contributed by atoms with Crippen molar-refractivity contribution in [3.05, 3.63) is 35.9 Å². The normalized spacial score (nSPS) is 19.8. The van der Waals surface area contributed by atoms with E-state index in [2.05, 4.69) is 0 Å². The summed E-state index contributed by atoms with van der Waals surface area (Å²) in [7, 11) is 0. The summed E-state index contributed by atoms with van der Waals surface area (Å²) in [4.78, 5) is 5.62. The van der Waals surface area contributed by atoms with Crippen LogP contribution in [0.3, 0.4) is 0 Å². The monoisotopic (exact) mass is 232 g/mol. The molecular formula is C13H16N2O2. The number of rotatable bonds is 3. The molecule has 0 aromatic heterocycles. The highest BCUT2D eigenvalue weighted by molar-refractivity contribution is 5.13. The first-order valence-electron chi connectivity index (χ1n) is 5.77. The van der Waals surface area contributed by atoms with Crippen molar-refractivity contribution in [3.8, 4) is 6.07 Å². The van der Waals surface area contributed by atoms with Crippen molar-refractivity contribution in [1.29, 1.82) is 5.26 Å². The fourth-order valence-corrected chi connectivity index (χ4v) is 1.84. The lowest BCUT2D eigenvalue weighted by Gasteiger charge is -2.32. The lowest BCUT2D eigenvalue weighted by molar-refractivity contribution is -0.195. The molecule has 0 amide bonds. The second-order valence-corrected chi connectivity index (χ2v) is 4.33. The Hall–Kier alpha value is -1.41. The Labute approximate surface area is 101 Å². The Balaban J connectivity index is 1.78. The van der Waals surface area contributed by atoms with E-state index in [1.165, 1.54) is 0 Å². The molecule has 17 heavy (non-hydrogen) atoms. The maximum Gasteiger partial charge on any atom is 0.153 e. The Morgan fingerprint density at radius 1 is 1.29 bits per heavy atom. The van der Waals surface area contributed by atoms with E-state index >= 15 is 0 Å². The predicted molar refractivity (Wildman–Crippen MR) is 62.6 cm³/mol. The molecule has 0 aliphatic carbocycles. The molecule has 1 heterocycles. The van der Waals surface area contributed by atoms with E-state index in [1.807, 2.05) is 41.5 Å². The number of hydroxylamine groups is 2. The number of nitrogens with zero attached hydrogens (tertiary/aromatic N) is 2. The highest BCUT2D eigenvalue weighted by Crippen LogP contribution is 2.21. The van der Waals surface area contributed by atoms with Crippen molar-refractivity contribution in [2.24, 2.45) is 0 Å². The summed E-state index contributed by atoms with van der Waals surface area (Å²) in [5, 5.41) is 20.3. The van der Waals surface area contributed by atoms with E-state index in [4.69, 9.17) is 10.1 Å². The van der Waals surface area contributed by atoms with Crippen LogP contribution in [-0.4, -0.2) is 28.9 Å². The molecule has 1 aliphatic rings. The largest absolute Gasteiger partial charge is 0.375 e. The maximum atomic E-state index is 9.74. The second-order valence-electron chi connectivity index (χ2n) is 4.33. The van der Waals surface area contributed by atoms with Gasteiger partial charge < -0.3 is 5.11 Å². The molecule has 1 aliphatic heterocycles. The Morgan fingerprint density at radius 3 is 2.53 bits per heavy atom. The van der Waals surface area contributed by atoms with Gasteiger partial charge in [-0.15, -0.1) is 0 Å². The Bertz CT molecular complexity index is 392. The highest BCUT2D eigenvalue weighted by atomic mass is 16.7. The molecular weight excluding hydrogens is 216 g/mol. The Kier molecular flexibility index (Phi) is 3.75. The third kappa shape index (κ3) is 3.27. The van der Waals surface area contributed by atoms with Crippen LogP contribution in [0, 0.1) is 11.3 Å². The molecule has 4 heteroatoms. The van der Waals surface area contributed by atoms with Gasteiger partial charge in [-0.2, -0.15) is 10.3 Å². The van der Waals surface area contributed by atoms with Crippen molar-refractivity contribution in [3.63, 3.8) is 0 Å². The molecule has 90 valence electrons. The minimum absolute atomic E-state index is 0.443. The molecule has 1 aromatic carbocycles. The summed E-state index contributed by atoms with van der Waals surface area (Å²) >= 11 is 0. The molecule has 0 radical (unpaired) electrons. The van der Waals surface area contributed by atoms with Crippen LogP contribution in [0.15, 0.2) is 30.3 Å². The van der Waals surface area contributed by atoms with E-state index in [9.17, 15) is 5.11 Å². The molecule has 0 unspecified atom stereocenters. The van der Waals surface area contributed by atoms with Gasteiger partial charge in [0, 0.05) is 25.9 Å². The van der Waals surface area contributed by atoms with Crippen LogP contribution in [0.4, 0.5) is 0 Å². The first-order valence-corrected chi connectivity index (χ1v) is 5.77. The summed E-state index contributed by atoms with van der Waals surface area (Å²) in [5.41, 5.74) is -0.0410. The molecule has 0 bridgehead atoms. The average molecular weight is 232 g/mol. The van der Waals surface area contributed by atoms with E-state index in [1.54, 1.807) is 0 Å². The quantitative estimate of drug-likeness (QED) is 0.802. The van der Waals surface area contributed by atoms with Crippen molar-refractivity contribution < 1.29 is 9.94 Å². The minimum Gasteiger partial charge on any atom is -0.375 e. The predicted octanol–water partition coefficient (Wildman–Crippen LogP) is 1.47. The fourth-order valence-electron chi connectivity index (χ4n) is 1.84. The van der Waals surface area contributed by atoms with Crippen LogP contribution in [0.5, 0.6) is 0 Å². The second kappa shape index (κ2) is 5.28. The zero-order valence-electron chi connectivity index (χ0n) is 9.67. The van der Waals surface area contributed by atoms with Crippen LogP contribution >= 0.6 is 0 Å². The van der Waals surface area contributed by atoms with Gasteiger partial charge in [-0.05, 0) is 5.56 Å². The number of aliphatic hydroxyl groups is 1. The molecule has 2 rings (SSSR count). The van der Waals surface area contributed by atoms with Gasteiger partial charge in [0.1, 0.15) is 0 Å². The molecule has 0 atom stereocenters. The van der Waals surface area contributed by atoms with Crippen LogP contribution in [-0.2, 0) is 11.4 Å². The first-order chi connectivity index (χ1) is 8.22. The molecule has 1 aromatic rings. The number of hydrogen-bond acceptors (Lipinski definition) is 4. The Morgan fingerprint density at radius 2 is 1.94 bits per heavy atom. The van der Waals surface area contributed by atoms with Crippen molar-refractivity contribution in [2.45, 2.75) is 25.0 Å². The zero-order valence-corrected chi connectivity index (χ0v) is 9.67. The van der Waals surface area contributed by atoms with Crippen LogP contribution in [0.1, 0.15) is 18.4 Å². The fraction of sp³-hybridized carbons (Fsp3) is 0.462. The van der Waals surface area contributed by atoms with Gasteiger partial charge in [0.25, 0.3) is 0 Å². The van der Waals surface area contributed by atoms with E-state index in [-0.39, 0.29) is 0 Å². The third-order valence-electron chi connectivity index (χ3n) is 3.01. The van der Waals surface area contributed by atoms with Gasteiger partial charge in [0.2, 0.25) is 0 Å². The standard InChI is InChI=1S/C13H16N2O2/c14-11-13(16)6-8-15(9-7-13)17-10-12-4-2-1-3-5-12/h1-5,16H,6-10H2.